The lowest BCUT2D eigenvalue weighted by Crippen LogP contribution is -2.05. The summed E-state index contributed by atoms with van der Waals surface area (Å²) in [5, 5.41) is 13.6. The van der Waals surface area contributed by atoms with Crippen LogP contribution in [-0.4, -0.2) is 16.0 Å². The molecule has 1 heterocycles. The second-order valence-corrected chi connectivity index (χ2v) is 4.26. The molecule has 0 bridgehead atoms. The summed E-state index contributed by atoms with van der Waals surface area (Å²) < 4.78 is 5.54. The van der Waals surface area contributed by atoms with Gasteiger partial charge in [0.25, 0.3) is 0 Å². The van der Waals surface area contributed by atoms with Crippen LogP contribution in [0, 0.1) is 0 Å². The molecule has 3 rings (SSSR count). The van der Waals surface area contributed by atoms with Crippen molar-refractivity contribution in [2.45, 2.75) is 13.5 Å². The topological polar surface area (TPSA) is 75.4 Å². The fourth-order valence-corrected chi connectivity index (χ4v) is 2.16. The number of amides is 1. The quantitative estimate of drug-likeness (QED) is 0.738. The van der Waals surface area contributed by atoms with Crippen LogP contribution in [-0.2, 0) is 11.4 Å². The van der Waals surface area contributed by atoms with Crippen molar-refractivity contribution in [3.8, 4) is 0 Å². The molecule has 5 nitrogen and oxygen atoms in total. The zero-order valence-corrected chi connectivity index (χ0v) is 10.3. The number of carbonyl (C=O) groups excluding carboxylic acids is 1. The minimum Gasteiger partial charge on any atom is -0.437 e. The van der Waals surface area contributed by atoms with Gasteiger partial charge >= 0.3 is 0 Å². The first-order valence-corrected chi connectivity index (χ1v) is 5.88. The van der Waals surface area contributed by atoms with Gasteiger partial charge in [-0.15, -0.1) is 0 Å². The summed E-state index contributed by atoms with van der Waals surface area (Å²) in [5.74, 6) is 0.117. The number of aliphatic hydroxyl groups excluding tert-OH is 1. The van der Waals surface area contributed by atoms with Crippen molar-refractivity contribution in [2.75, 3.05) is 5.32 Å². The van der Waals surface area contributed by atoms with E-state index in [0.717, 1.165) is 10.8 Å². The fraction of sp³-hybridized carbons (Fsp3) is 0.143. The lowest BCUT2D eigenvalue weighted by Gasteiger charge is -2.06. The van der Waals surface area contributed by atoms with Crippen molar-refractivity contribution in [2.24, 2.45) is 0 Å². The molecule has 0 unspecified atom stereocenters. The first kappa shape index (κ1) is 11.7. The number of rotatable bonds is 2. The highest BCUT2D eigenvalue weighted by Crippen LogP contribution is 2.31. The third kappa shape index (κ3) is 1.94. The summed E-state index contributed by atoms with van der Waals surface area (Å²) in [5.41, 5.74) is 1.91. The van der Waals surface area contributed by atoms with Gasteiger partial charge in [-0.05, 0) is 17.5 Å². The molecule has 3 aromatic rings. The van der Waals surface area contributed by atoms with Gasteiger partial charge in [0.15, 0.2) is 5.58 Å². The molecule has 2 aromatic carbocycles. The van der Waals surface area contributed by atoms with E-state index in [1.807, 2.05) is 30.3 Å². The third-order valence-corrected chi connectivity index (χ3v) is 2.89. The molecule has 2 N–H and O–H groups in total. The van der Waals surface area contributed by atoms with Crippen molar-refractivity contribution in [1.82, 2.24) is 4.98 Å². The van der Waals surface area contributed by atoms with Crippen LogP contribution in [0.5, 0.6) is 0 Å². The smallest absolute Gasteiger partial charge is 0.221 e. The highest BCUT2D eigenvalue weighted by Gasteiger charge is 2.12. The standard InChI is InChI=1S/C14H12N2O3/c1-8(18)15-10-4-2-3-9-5-6-11-14(13(9)10)19-12(7-17)16-11/h2-6,17H,7H2,1H3,(H,15,18). The lowest BCUT2D eigenvalue weighted by molar-refractivity contribution is -0.114. The van der Waals surface area contributed by atoms with E-state index < -0.39 is 0 Å². The zero-order valence-electron chi connectivity index (χ0n) is 10.3. The van der Waals surface area contributed by atoms with Gasteiger partial charge in [0, 0.05) is 6.92 Å². The van der Waals surface area contributed by atoms with Gasteiger partial charge in [0.2, 0.25) is 11.8 Å². The van der Waals surface area contributed by atoms with Crippen LogP contribution >= 0.6 is 0 Å². The van der Waals surface area contributed by atoms with E-state index in [4.69, 9.17) is 9.52 Å². The molecule has 19 heavy (non-hydrogen) atoms. The zero-order chi connectivity index (χ0) is 13.4. The normalized spacial score (nSPS) is 11.1. The Morgan fingerprint density at radius 3 is 2.95 bits per heavy atom. The number of benzene rings is 2. The number of carbonyl (C=O) groups is 1. The van der Waals surface area contributed by atoms with Crippen LogP contribution in [0.25, 0.3) is 21.9 Å². The average Bonchev–Trinajstić information content (AvgIpc) is 2.81. The second kappa shape index (κ2) is 4.37. The fourth-order valence-electron chi connectivity index (χ4n) is 2.16. The summed E-state index contributed by atoms with van der Waals surface area (Å²) in [6.07, 6.45) is 0. The molecule has 5 heteroatoms. The number of aliphatic hydroxyl groups is 1. The third-order valence-electron chi connectivity index (χ3n) is 2.89. The van der Waals surface area contributed by atoms with E-state index in [1.54, 1.807) is 0 Å². The molecular formula is C14H12N2O3. The Morgan fingerprint density at radius 2 is 2.21 bits per heavy atom. The van der Waals surface area contributed by atoms with E-state index in [9.17, 15) is 4.79 Å². The Labute approximate surface area is 108 Å². The van der Waals surface area contributed by atoms with Gasteiger partial charge < -0.3 is 14.8 Å². The molecule has 0 aliphatic heterocycles. The lowest BCUT2D eigenvalue weighted by atomic mass is 10.1. The monoisotopic (exact) mass is 256 g/mol. The molecule has 0 atom stereocenters. The molecule has 0 saturated carbocycles. The predicted octanol–water partition coefficient (Wildman–Crippen LogP) is 2.43. The first-order chi connectivity index (χ1) is 9.19. The number of nitrogens with zero attached hydrogens (tertiary/aromatic N) is 1. The molecule has 0 fully saturated rings. The maximum absolute atomic E-state index is 11.3. The number of nitrogens with one attached hydrogen (secondary N) is 1. The van der Waals surface area contributed by atoms with Crippen molar-refractivity contribution in [1.29, 1.82) is 0 Å². The number of fused-ring (bicyclic) bond motifs is 3. The molecule has 0 spiro atoms. The Morgan fingerprint density at radius 1 is 1.37 bits per heavy atom. The largest absolute Gasteiger partial charge is 0.437 e. The number of hydrogen-bond acceptors (Lipinski definition) is 4. The number of anilines is 1. The van der Waals surface area contributed by atoms with Crippen LogP contribution in [0.4, 0.5) is 5.69 Å². The van der Waals surface area contributed by atoms with Crippen molar-refractivity contribution < 1.29 is 14.3 Å². The summed E-state index contributed by atoms with van der Waals surface area (Å²) in [6, 6.07) is 9.35. The van der Waals surface area contributed by atoms with E-state index in [0.29, 0.717) is 16.8 Å². The molecule has 0 saturated heterocycles. The molecule has 1 amide bonds. The van der Waals surface area contributed by atoms with Crippen LogP contribution in [0.15, 0.2) is 34.7 Å². The van der Waals surface area contributed by atoms with Gasteiger partial charge in [0.05, 0.1) is 11.1 Å². The minimum absolute atomic E-state index is 0.147. The summed E-state index contributed by atoms with van der Waals surface area (Å²) in [6.45, 7) is 1.21. The van der Waals surface area contributed by atoms with Crippen molar-refractivity contribution in [3.63, 3.8) is 0 Å². The SMILES string of the molecule is CC(=O)Nc1cccc2ccc3nc(CO)oc3c12. The van der Waals surface area contributed by atoms with Gasteiger partial charge in [0.1, 0.15) is 12.1 Å². The van der Waals surface area contributed by atoms with E-state index >= 15 is 0 Å². The molecule has 0 radical (unpaired) electrons. The van der Waals surface area contributed by atoms with Crippen molar-refractivity contribution >= 4 is 33.5 Å². The number of hydrogen-bond donors (Lipinski definition) is 2. The molecule has 1 aromatic heterocycles. The van der Waals surface area contributed by atoms with E-state index in [1.165, 1.54) is 6.92 Å². The van der Waals surface area contributed by atoms with Crippen molar-refractivity contribution in [3.05, 3.63) is 36.2 Å². The van der Waals surface area contributed by atoms with Gasteiger partial charge in [-0.3, -0.25) is 4.79 Å². The average molecular weight is 256 g/mol. The Bertz CT molecular complexity index is 777. The summed E-state index contributed by atoms with van der Waals surface area (Å²) in [7, 11) is 0. The van der Waals surface area contributed by atoms with Crippen LogP contribution < -0.4 is 5.32 Å². The maximum Gasteiger partial charge on any atom is 0.221 e. The van der Waals surface area contributed by atoms with Crippen LogP contribution in [0.1, 0.15) is 12.8 Å². The predicted molar refractivity (Wildman–Crippen MR) is 71.7 cm³/mol. The maximum atomic E-state index is 11.3. The van der Waals surface area contributed by atoms with Gasteiger partial charge in [-0.25, -0.2) is 4.98 Å². The molecule has 96 valence electrons. The Hall–Kier alpha value is -2.40. The highest BCUT2D eigenvalue weighted by molar-refractivity contribution is 6.12. The molecule has 0 aliphatic rings. The van der Waals surface area contributed by atoms with E-state index in [2.05, 4.69) is 10.3 Å². The van der Waals surface area contributed by atoms with Gasteiger partial charge in [-0.1, -0.05) is 18.2 Å². The first-order valence-electron chi connectivity index (χ1n) is 5.88. The highest BCUT2D eigenvalue weighted by atomic mass is 16.4. The van der Waals surface area contributed by atoms with E-state index in [-0.39, 0.29) is 18.4 Å². The Kier molecular flexibility index (Phi) is 2.68. The number of oxazole rings is 1. The summed E-state index contributed by atoms with van der Waals surface area (Å²) >= 11 is 0. The van der Waals surface area contributed by atoms with Gasteiger partial charge in [-0.2, -0.15) is 0 Å². The number of aromatic nitrogens is 1. The Balaban J connectivity index is 2.37. The molecular weight excluding hydrogens is 244 g/mol. The minimum atomic E-state index is -0.252. The van der Waals surface area contributed by atoms with Crippen LogP contribution in [0.2, 0.25) is 0 Å². The second-order valence-electron chi connectivity index (χ2n) is 4.26. The molecule has 0 aliphatic carbocycles. The summed E-state index contributed by atoms with van der Waals surface area (Å²) in [4.78, 5) is 15.4. The van der Waals surface area contributed by atoms with Crippen LogP contribution in [0.3, 0.4) is 0 Å².